The molecule has 3 N–H and O–H groups in total. The molecule has 166 valence electrons. The van der Waals surface area contributed by atoms with E-state index in [0.29, 0.717) is 16.9 Å². The maximum absolute atomic E-state index is 14.6. The summed E-state index contributed by atoms with van der Waals surface area (Å²) in [5, 5.41) is 21.8. The van der Waals surface area contributed by atoms with Crippen molar-refractivity contribution in [3.63, 3.8) is 0 Å². The number of aryl methyl sites for hydroxylation is 1. The van der Waals surface area contributed by atoms with Crippen LogP contribution in [0.1, 0.15) is 29.9 Å². The van der Waals surface area contributed by atoms with E-state index in [-0.39, 0.29) is 11.1 Å². The Labute approximate surface area is 184 Å². The van der Waals surface area contributed by atoms with Gasteiger partial charge in [0.05, 0.1) is 16.8 Å². The quantitative estimate of drug-likeness (QED) is 0.586. The van der Waals surface area contributed by atoms with E-state index in [0.717, 1.165) is 36.4 Å². The van der Waals surface area contributed by atoms with Crippen LogP contribution in [0.4, 0.5) is 20.4 Å². The Bertz CT molecular complexity index is 1230. The van der Waals surface area contributed by atoms with E-state index >= 15 is 0 Å². The molecule has 8 nitrogen and oxygen atoms in total. The van der Waals surface area contributed by atoms with Crippen molar-refractivity contribution >= 4 is 22.4 Å². The molecular weight excluding hydrogens is 414 g/mol. The van der Waals surface area contributed by atoms with Crippen LogP contribution in [0.25, 0.3) is 10.8 Å². The van der Waals surface area contributed by atoms with Gasteiger partial charge >= 0.3 is 0 Å². The summed E-state index contributed by atoms with van der Waals surface area (Å²) in [6, 6.07) is 5.33. The average Bonchev–Trinajstić information content (AvgIpc) is 2.74. The Morgan fingerprint density at radius 1 is 1.22 bits per heavy atom. The Morgan fingerprint density at radius 3 is 2.59 bits per heavy atom. The lowest BCUT2D eigenvalue weighted by Gasteiger charge is -2.52. The molecule has 3 aromatic rings. The third-order valence-electron chi connectivity index (χ3n) is 6.11. The Kier molecular flexibility index (Phi) is 5.40. The van der Waals surface area contributed by atoms with Gasteiger partial charge in [0.15, 0.2) is 5.82 Å². The molecule has 0 amide bonds. The molecule has 1 fully saturated rings. The molecule has 0 saturated carbocycles. The molecule has 0 bridgehead atoms. The number of halogens is 2. The van der Waals surface area contributed by atoms with Crippen LogP contribution < -0.4 is 16.0 Å². The number of anilines is 2. The molecule has 1 aliphatic heterocycles. The summed E-state index contributed by atoms with van der Waals surface area (Å²) >= 11 is 0. The largest absolute Gasteiger partial charge is 0.353 e. The van der Waals surface area contributed by atoms with Crippen LogP contribution >= 0.6 is 0 Å². The molecule has 0 unspecified atom stereocenters. The number of hydrogen-bond acceptors (Lipinski definition) is 8. The maximum Gasteiger partial charge on any atom is 0.158 e. The van der Waals surface area contributed by atoms with Gasteiger partial charge in [0, 0.05) is 35.6 Å². The third-order valence-corrected chi connectivity index (χ3v) is 6.11. The summed E-state index contributed by atoms with van der Waals surface area (Å²) in [6.45, 7) is 5.65. The number of fused-ring (bicyclic) bond motifs is 1. The minimum absolute atomic E-state index is 0.0693. The SMILES string of the molecule is Cc1nnc(N[C@H](N)c2cc(F)cc(C#N)c2F)c2cc(N3CC(C)(N(C)C)C3)ncc12. The number of pyridine rings is 1. The van der Waals surface area contributed by atoms with E-state index in [9.17, 15) is 8.78 Å². The second kappa shape index (κ2) is 7.93. The molecule has 0 radical (unpaired) electrons. The van der Waals surface area contributed by atoms with Crippen molar-refractivity contribution in [1.29, 1.82) is 5.26 Å². The number of nitrogens with zero attached hydrogens (tertiary/aromatic N) is 6. The van der Waals surface area contributed by atoms with Gasteiger partial charge in [0.2, 0.25) is 0 Å². The van der Waals surface area contributed by atoms with Crippen molar-refractivity contribution in [3.05, 3.63) is 52.9 Å². The summed E-state index contributed by atoms with van der Waals surface area (Å²) in [7, 11) is 4.10. The normalized spacial score (nSPS) is 16.0. The van der Waals surface area contributed by atoms with Crippen LogP contribution in [0.5, 0.6) is 0 Å². The first kappa shape index (κ1) is 21.8. The standard InChI is InChI=1S/C22H24F2N8/c1-12-17-9-27-18(32-10-22(2,11-32)31(3)4)7-15(17)21(30-29-12)28-20(26)16-6-14(23)5-13(8-25)19(16)24/h5-7,9,20H,10-11,26H2,1-4H3,(H,28,30)/t20-/m0/s1. The van der Waals surface area contributed by atoms with Crippen LogP contribution in [0.2, 0.25) is 0 Å². The zero-order valence-electron chi connectivity index (χ0n) is 18.3. The van der Waals surface area contributed by atoms with E-state index in [1.54, 1.807) is 12.3 Å². The number of likely N-dealkylation sites (N-methyl/N-ethyl adjacent to an activating group) is 1. The van der Waals surface area contributed by atoms with Crippen LogP contribution in [-0.4, -0.2) is 52.8 Å². The highest BCUT2D eigenvalue weighted by Gasteiger charge is 2.41. The Balaban J connectivity index is 1.68. The zero-order valence-corrected chi connectivity index (χ0v) is 18.3. The first-order valence-corrected chi connectivity index (χ1v) is 10.1. The topological polar surface area (TPSA) is 107 Å². The van der Waals surface area contributed by atoms with Gasteiger partial charge in [0.25, 0.3) is 0 Å². The number of nitriles is 1. The number of hydrogen-bond donors (Lipinski definition) is 2. The Hall–Kier alpha value is -3.42. The number of nitrogens with two attached hydrogens (primary N) is 1. The molecule has 10 heteroatoms. The molecule has 0 spiro atoms. The highest BCUT2D eigenvalue weighted by Crippen LogP contribution is 2.33. The van der Waals surface area contributed by atoms with Gasteiger partial charge in [-0.05, 0) is 46.1 Å². The molecule has 1 atom stereocenters. The lowest BCUT2D eigenvalue weighted by Crippen LogP contribution is -2.67. The summed E-state index contributed by atoms with van der Waals surface area (Å²) in [5.74, 6) is -0.517. The molecule has 32 heavy (non-hydrogen) atoms. The lowest BCUT2D eigenvalue weighted by molar-refractivity contribution is 0.132. The fourth-order valence-electron chi connectivity index (χ4n) is 3.80. The average molecular weight is 438 g/mol. The highest BCUT2D eigenvalue weighted by molar-refractivity contribution is 5.94. The molecule has 4 rings (SSSR count). The second-order valence-corrected chi connectivity index (χ2v) is 8.56. The Morgan fingerprint density at radius 2 is 1.94 bits per heavy atom. The molecular formula is C22H24F2N8. The smallest absolute Gasteiger partial charge is 0.158 e. The number of rotatable bonds is 5. The second-order valence-electron chi connectivity index (χ2n) is 8.56. The molecule has 0 aliphatic carbocycles. The number of benzene rings is 1. The monoisotopic (exact) mass is 438 g/mol. The summed E-state index contributed by atoms with van der Waals surface area (Å²) < 4.78 is 28.4. The molecule has 1 aliphatic rings. The van der Waals surface area contributed by atoms with Gasteiger partial charge in [-0.15, -0.1) is 5.10 Å². The molecule has 2 aromatic heterocycles. The molecule has 3 heterocycles. The first-order valence-electron chi connectivity index (χ1n) is 10.1. The van der Waals surface area contributed by atoms with Gasteiger partial charge in [-0.1, -0.05) is 0 Å². The van der Waals surface area contributed by atoms with Crippen molar-refractivity contribution in [1.82, 2.24) is 20.1 Å². The lowest BCUT2D eigenvalue weighted by atomic mass is 9.91. The van der Waals surface area contributed by atoms with Crippen molar-refractivity contribution in [3.8, 4) is 6.07 Å². The van der Waals surface area contributed by atoms with E-state index in [1.807, 2.05) is 13.0 Å². The summed E-state index contributed by atoms with van der Waals surface area (Å²) in [5.41, 5.74) is 6.30. The van der Waals surface area contributed by atoms with Crippen LogP contribution in [0.3, 0.4) is 0 Å². The predicted molar refractivity (Wildman–Crippen MR) is 118 cm³/mol. The maximum atomic E-state index is 14.6. The van der Waals surface area contributed by atoms with Gasteiger partial charge < -0.3 is 20.9 Å². The minimum Gasteiger partial charge on any atom is -0.353 e. The van der Waals surface area contributed by atoms with Crippen LogP contribution in [-0.2, 0) is 0 Å². The van der Waals surface area contributed by atoms with Gasteiger partial charge in [-0.3, -0.25) is 0 Å². The van der Waals surface area contributed by atoms with Gasteiger partial charge in [-0.25, -0.2) is 13.8 Å². The van der Waals surface area contributed by atoms with Crippen molar-refractivity contribution in [2.24, 2.45) is 5.73 Å². The summed E-state index contributed by atoms with van der Waals surface area (Å²) in [4.78, 5) is 8.92. The fourth-order valence-corrected chi connectivity index (χ4v) is 3.80. The van der Waals surface area contributed by atoms with Crippen LogP contribution in [0, 0.1) is 29.9 Å². The number of nitrogens with one attached hydrogen (secondary N) is 1. The zero-order chi connectivity index (χ0) is 23.2. The minimum atomic E-state index is -1.14. The van der Waals surface area contributed by atoms with E-state index < -0.39 is 23.4 Å². The van der Waals surface area contributed by atoms with E-state index in [4.69, 9.17) is 11.0 Å². The van der Waals surface area contributed by atoms with Crippen molar-refractivity contribution < 1.29 is 8.78 Å². The summed E-state index contributed by atoms with van der Waals surface area (Å²) in [6.07, 6.45) is 0.587. The molecule has 1 saturated heterocycles. The van der Waals surface area contributed by atoms with Crippen LogP contribution in [0.15, 0.2) is 24.4 Å². The van der Waals surface area contributed by atoms with Crippen molar-refractivity contribution in [2.75, 3.05) is 37.4 Å². The fraction of sp³-hybridized carbons (Fsp3) is 0.364. The van der Waals surface area contributed by atoms with Gasteiger partial charge in [0.1, 0.15) is 29.7 Å². The predicted octanol–water partition coefficient (Wildman–Crippen LogP) is 2.69. The first-order chi connectivity index (χ1) is 15.1. The van der Waals surface area contributed by atoms with Crippen molar-refractivity contribution in [2.45, 2.75) is 25.6 Å². The van der Waals surface area contributed by atoms with E-state index in [1.165, 1.54) is 0 Å². The van der Waals surface area contributed by atoms with Gasteiger partial charge in [-0.2, -0.15) is 10.4 Å². The molecule has 1 aromatic carbocycles. The number of aromatic nitrogens is 3. The highest BCUT2D eigenvalue weighted by atomic mass is 19.1. The van der Waals surface area contributed by atoms with E-state index in [2.05, 4.69) is 51.3 Å². The third kappa shape index (κ3) is 3.70.